The first-order valence-electron chi connectivity index (χ1n) is 14.3. The highest BCUT2D eigenvalue weighted by atomic mass is 19.1. The van der Waals surface area contributed by atoms with Gasteiger partial charge in [0.1, 0.15) is 23.8 Å². The van der Waals surface area contributed by atoms with E-state index in [4.69, 9.17) is 14.5 Å². The summed E-state index contributed by atoms with van der Waals surface area (Å²) in [6, 6.07) is 7.38. The number of aliphatic carboxylic acids is 1. The monoisotopic (exact) mass is 543 g/mol. The zero-order chi connectivity index (χ0) is 27.2. The third-order valence-corrected chi connectivity index (χ3v) is 8.25. The van der Waals surface area contributed by atoms with Crippen LogP contribution in [0.4, 0.5) is 14.6 Å². The second-order valence-corrected chi connectivity index (χ2v) is 11.0. The molecule has 212 valence electrons. The Labute approximate surface area is 228 Å². The summed E-state index contributed by atoms with van der Waals surface area (Å²) in [7, 11) is 0. The minimum absolute atomic E-state index is 0.0469. The molecular formula is C30H39F2N3O4. The second kappa shape index (κ2) is 13.2. The fraction of sp³-hybridized carbons (Fsp3) is 0.600. The normalized spacial score (nSPS) is 22.8. The molecule has 2 fully saturated rings. The molecule has 5 rings (SSSR count). The van der Waals surface area contributed by atoms with Crippen LogP contribution in [0.15, 0.2) is 30.3 Å². The number of hydrogen-bond acceptors (Lipinski definition) is 6. The average molecular weight is 544 g/mol. The smallest absolute Gasteiger partial charge is 0.325 e. The molecule has 3 unspecified atom stereocenters. The third-order valence-electron chi connectivity index (χ3n) is 8.25. The van der Waals surface area contributed by atoms with Crippen molar-refractivity contribution >= 4 is 11.8 Å². The number of carboxylic acid groups (broad SMARTS) is 1. The zero-order valence-electron chi connectivity index (χ0n) is 22.4. The number of benzene rings is 1. The van der Waals surface area contributed by atoms with Crippen LogP contribution >= 0.6 is 0 Å². The molecule has 3 aliphatic heterocycles. The molecule has 1 aromatic carbocycles. The lowest BCUT2D eigenvalue weighted by Gasteiger charge is -2.27. The first-order valence-corrected chi connectivity index (χ1v) is 14.3. The highest BCUT2D eigenvalue weighted by Crippen LogP contribution is 2.34. The average Bonchev–Trinajstić information content (AvgIpc) is 3.63. The highest BCUT2D eigenvalue weighted by molar-refractivity contribution is 5.76. The number of carbonyl (C=O) groups is 1. The fourth-order valence-electron chi connectivity index (χ4n) is 6.02. The maximum Gasteiger partial charge on any atom is 0.325 e. The number of nitrogens with zero attached hydrogens (tertiary/aromatic N) is 2. The number of rotatable bonds is 12. The van der Waals surface area contributed by atoms with E-state index in [2.05, 4.69) is 17.4 Å². The molecule has 4 heterocycles. The Morgan fingerprint density at radius 1 is 1.26 bits per heavy atom. The maximum absolute atomic E-state index is 15.2. The van der Waals surface area contributed by atoms with Gasteiger partial charge in [0, 0.05) is 31.3 Å². The lowest BCUT2D eigenvalue weighted by molar-refractivity contribution is -0.143. The first-order chi connectivity index (χ1) is 19.0. The van der Waals surface area contributed by atoms with E-state index in [-0.39, 0.29) is 18.6 Å². The number of pyridine rings is 1. The number of nitrogens with one attached hydrogen (secondary N) is 1. The molecule has 0 aliphatic carbocycles. The molecule has 2 aromatic rings. The summed E-state index contributed by atoms with van der Waals surface area (Å²) in [4.78, 5) is 18.9. The van der Waals surface area contributed by atoms with Crippen molar-refractivity contribution in [1.82, 2.24) is 9.88 Å². The first kappa shape index (κ1) is 27.9. The molecule has 4 atom stereocenters. The molecule has 2 saturated heterocycles. The Morgan fingerprint density at radius 2 is 2.15 bits per heavy atom. The van der Waals surface area contributed by atoms with Gasteiger partial charge in [-0.3, -0.25) is 9.69 Å². The van der Waals surface area contributed by atoms with Crippen LogP contribution in [0.1, 0.15) is 67.0 Å². The number of ether oxygens (including phenoxy) is 2. The summed E-state index contributed by atoms with van der Waals surface area (Å²) in [6.45, 7) is 3.08. The van der Waals surface area contributed by atoms with Crippen LogP contribution in [-0.4, -0.2) is 66.1 Å². The van der Waals surface area contributed by atoms with Crippen molar-refractivity contribution < 1.29 is 28.2 Å². The molecule has 7 nitrogen and oxygen atoms in total. The summed E-state index contributed by atoms with van der Waals surface area (Å²) in [6.07, 6.45) is 5.39. The predicted octanol–water partition coefficient (Wildman–Crippen LogP) is 5.08. The fourth-order valence-corrected chi connectivity index (χ4v) is 6.02. The van der Waals surface area contributed by atoms with Gasteiger partial charge in [0.25, 0.3) is 0 Å². The molecule has 3 aliphatic rings. The molecule has 0 saturated carbocycles. The maximum atomic E-state index is 15.2. The lowest BCUT2D eigenvalue weighted by atomic mass is 9.96. The van der Waals surface area contributed by atoms with Gasteiger partial charge in [0.05, 0.1) is 19.3 Å². The van der Waals surface area contributed by atoms with Crippen LogP contribution in [0.25, 0.3) is 0 Å². The number of unbranched alkanes of at least 4 members (excludes halogenated alkanes) is 1. The van der Waals surface area contributed by atoms with E-state index in [1.807, 2.05) is 0 Å². The number of likely N-dealkylation sites (tertiary alicyclic amines) is 1. The summed E-state index contributed by atoms with van der Waals surface area (Å²) in [5, 5.41) is 13.5. The molecule has 0 spiro atoms. The number of halogens is 2. The molecular weight excluding hydrogens is 504 g/mol. The highest BCUT2D eigenvalue weighted by Gasteiger charge is 2.37. The lowest BCUT2D eigenvalue weighted by Crippen LogP contribution is -2.34. The van der Waals surface area contributed by atoms with Gasteiger partial charge in [0.15, 0.2) is 0 Å². The van der Waals surface area contributed by atoms with Crippen LogP contribution in [0.5, 0.6) is 0 Å². The van der Waals surface area contributed by atoms with Crippen molar-refractivity contribution in [2.75, 3.05) is 38.2 Å². The molecule has 9 heteroatoms. The van der Waals surface area contributed by atoms with Gasteiger partial charge >= 0.3 is 5.97 Å². The van der Waals surface area contributed by atoms with Crippen molar-refractivity contribution in [2.24, 2.45) is 5.92 Å². The second-order valence-electron chi connectivity index (χ2n) is 11.0. The summed E-state index contributed by atoms with van der Waals surface area (Å²) >= 11 is 0. The number of hydrogen-bond donors (Lipinski definition) is 2. The van der Waals surface area contributed by atoms with Gasteiger partial charge in [-0.15, -0.1) is 0 Å². The molecule has 1 aromatic heterocycles. The topological polar surface area (TPSA) is 83.9 Å². The van der Waals surface area contributed by atoms with Gasteiger partial charge in [0.2, 0.25) is 0 Å². The Morgan fingerprint density at radius 3 is 2.97 bits per heavy atom. The van der Waals surface area contributed by atoms with E-state index >= 15 is 4.39 Å². The molecule has 0 radical (unpaired) electrons. The van der Waals surface area contributed by atoms with E-state index in [1.165, 1.54) is 17.7 Å². The zero-order valence-corrected chi connectivity index (χ0v) is 22.4. The number of carboxylic acids is 1. The van der Waals surface area contributed by atoms with Crippen molar-refractivity contribution in [2.45, 2.75) is 76.3 Å². The predicted molar refractivity (Wildman–Crippen MR) is 144 cm³/mol. The summed E-state index contributed by atoms with van der Waals surface area (Å²) in [5.74, 6) is -0.801. The van der Waals surface area contributed by atoms with E-state index in [0.29, 0.717) is 50.3 Å². The van der Waals surface area contributed by atoms with E-state index in [1.54, 1.807) is 11.0 Å². The Balaban J connectivity index is 1.14. The van der Waals surface area contributed by atoms with Gasteiger partial charge in [-0.25, -0.2) is 13.8 Å². The van der Waals surface area contributed by atoms with E-state index in [0.717, 1.165) is 56.6 Å². The van der Waals surface area contributed by atoms with Crippen molar-refractivity contribution in [3.05, 3.63) is 58.5 Å². The minimum atomic E-state index is -1.06. The van der Waals surface area contributed by atoms with Crippen LogP contribution in [0, 0.1) is 11.7 Å². The Hall–Kier alpha value is -2.62. The molecule has 2 N–H and O–H groups in total. The number of anilines is 1. The van der Waals surface area contributed by atoms with Crippen LogP contribution in [-0.2, 0) is 33.7 Å². The van der Waals surface area contributed by atoms with Crippen molar-refractivity contribution in [3.8, 4) is 0 Å². The van der Waals surface area contributed by atoms with Gasteiger partial charge < -0.3 is 19.9 Å². The third kappa shape index (κ3) is 7.13. The quantitative estimate of drug-likeness (QED) is 0.361. The molecule has 0 bridgehead atoms. The number of aryl methyl sites for hydroxylation is 2. The SMILES string of the molecule is O=C(O)C(c1cc(F)ccc1CO[C@H]1CCOC1)N1CCC(C(F)CCCCc2ccc3c(n2)NCCC3)C1. The van der Waals surface area contributed by atoms with Gasteiger partial charge in [-0.1, -0.05) is 18.6 Å². The molecule has 0 amide bonds. The Kier molecular flexibility index (Phi) is 9.42. The van der Waals surface area contributed by atoms with E-state index < -0.39 is 24.0 Å². The minimum Gasteiger partial charge on any atom is -0.480 e. The van der Waals surface area contributed by atoms with Gasteiger partial charge in [-0.2, -0.15) is 0 Å². The standard InChI is InChI=1S/C30H39F2N3O4/c31-23-9-7-22(18-39-25-12-15-38-19-25)26(16-23)28(30(36)37)35-14-11-21(17-35)27(32)6-2-1-5-24-10-8-20-4-3-13-33-29(20)34-24/h7-10,16,21,25,27-28H,1-6,11-15,17-19H2,(H,33,34)(H,36,37)/t21?,25-,27?,28?/m0/s1. The summed E-state index contributed by atoms with van der Waals surface area (Å²) in [5.41, 5.74) is 3.32. The summed E-state index contributed by atoms with van der Waals surface area (Å²) < 4.78 is 40.7. The Bertz CT molecular complexity index is 1130. The van der Waals surface area contributed by atoms with Crippen molar-refractivity contribution in [1.29, 1.82) is 0 Å². The van der Waals surface area contributed by atoms with Crippen LogP contribution < -0.4 is 5.32 Å². The van der Waals surface area contributed by atoms with Crippen LogP contribution in [0.2, 0.25) is 0 Å². The van der Waals surface area contributed by atoms with Crippen molar-refractivity contribution in [3.63, 3.8) is 0 Å². The molecule has 39 heavy (non-hydrogen) atoms. The number of fused-ring (bicyclic) bond motifs is 1. The number of alkyl halides is 1. The van der Waals surface area contributed by atoms with Gasteiger partial charge in [-0.05, 0) is 86.4 Å². The largest absolute Gasteiger partial charge is 0.480 e. The van der Waals surface area contributed by atoms with E-state index in [9.17, 15) is 14.3 Å². The number of aromatic nitrogens is 1. The van der Waals surface area contributed by atoms with Crippen LogP contribution in [0.3, 0.4) is 0 Å².